The molecule has 0 aliphatic carbocycles. The van der Waals surface area contributed by atoms with Gasteiger partial charge in [0.05, 0.1) is 0 Å². The molecule has 0 atom stereocenters. The number of rotatable bonds is 5. The minimum Gasteiger partial charge on any atom is -0.325 e. The molecule has 0 saturated heterocycles. The van der Waals surface area contributed by atoms with Crippen molar-refractivity contribution in [2.24, 2.45) is 5.41 Å². The molecule has 2 aromatic rings. The number of carbonyl (C=O) groups excluding carboxylic acids is 2. The lowest BCUT2D eigenvalue weighted by Gasteiger charge is -2.23. The van der Waals surface area contributed by atoms with Crippen molar-refractivity contribution < 1.29 is 9.59 Å². The Morgan fingerprint density at radius 2 is 1.36 bits per heavy atom. The lowest BCUT2D eigenvalue weighted by molar-refractivity contribution is -0.135. The highest BCUT2D eigenvalue weighted by atomic mass is 16.2. The maximum atomic E-state index is 12.6. The van der Waals surface area contributed by atoms with Gasteiger partial charge in [-0.15, -0.1) is 0 Å². The Balaban J connectivity index is 2.08. The van der Waals surface area contributed by atoms with Gasteiger partial charge in [-0.3, -0.25) is 9.59 Å². The van der Waals surface area contributed by atoms with E-state index in [1.165, 1.54) is 5.56 Å². The predicted molar refractivity (Wildman–Crippen MR) is 103 cm³/mol. The fraction of sp³-hybridized carbons (Fsp3) is 0.333. The number of anilines is 2. The summed E-state index contributed by atoms with van der Waals surface area (Å²) in [6, 6.07) is 13.4. The Hall–Kier alpha value is -2.62. The Kier molecular flexibility index (Phi) is 5.62. The first-order valence-corrected chi connectivity index (χ1v) is 8.53. The maximum Gasteiger partial charge on any atom is 0.239 e. The van der Waals surface area contributed by atoms with E-state index >= 15 is 0 Å². The van der Waals surface area contributed by atoms with Gasteiger partial charge in [0.2, 0.25) is 11.8 Å². The summed E-state index contributed by atoms with van der Waals surface area (Å²) in [6.07, 6.45) is 0.943. The number of nitrogens with one attached hydrogen (secondary N) is 2. The average molecular weight is 338 g/mol. The van der Waals surface area contributed by atoms with E-state index in [1.54, 1.807) is 13.8 Å². The van der Waals surface area contributed by atoms with Crippen LogP contribution in [0.5, 0.6) is 0 Å². The third-order valence-corrected chi connectivity index (χ3v) is 4.52. The summed E-state index contributed by atoms with van der Waals surface area (Å²) in [5.41, 5.74) is 3.64. The highest BCUT2D eigenvalue weighted by molar-refractivity contribution is 6.14. The fourth-order valence-electron chi connectivity index (χ4n) is 2.32. The molecule has 0 saturated carbocycles. The normalized spacial score (nSPS) is 11.1. The minimum atomic E-state index is -1.19. The molecule has 0 radical (unpaired) electrons. The van der Waals surface area contributed by atoms with Crippen molar-refractivity contribution in [3.05, 3.63) is 59.2 Å². The van der Waals surface area contributed by atoms with Gasteiger partial charge in [0.25, 0.3) is 0 Å². The van der Waals surface area contributed by atoms with Crippen molar-refractivity contribution in [2.75, 3.05) is 10.6 Å². The zero-order chi connectivity index (χ0) is 18.6. The molecule has 2 aromatic carbocycles. The predicted octanol–water partition coefficient (Wildman–Crippen LogP) is 4.47. The number of amides is 2. The molecule has 0 aliphatic rings. The first kappa shape index (κ1) is 18.7. The number of hydrogen-bond donors (Lipinski definition) is 2. The summed E-state index contributed by atoms with van der Waals surface area (Å²) in [4.78, 5) is 25.2. The van der Waals surface area contributed by atoms with Crippen molar-refractivity contribution in [1.29, 1.82) is 0 Å². The highest BCUT2D eigenvalue weighted by Gasteiger charge is 2.36. The molecular weight excluding hydrogens is 312 g/mol. The third-order valence-electron chi connectivity index (χ3n) is 4.52. The van der Waals surface area contributed by atoms with E-state index in [1.807, 2.05) is 56.3 Å². The molecule has 132 valence electrons. The van der Waals surface area contributed by atoms with Crippen LogP contribution in [0.1, 0.15) is 37.5 Å². The van der Waals surface area contributed by atoms with Crippen LogP contribution in [0.15, 0.2) is 42.5 Å². The summed E-state index contributed by atoms with van der Waals surface area (Å²) in [5.74, 6) is -0.670. The van der Waals surface area contributed by atoms with Crippen molar-refractivity contribution in [3.63, 3.8) is 0 Å². The van der Waals surface area contributed by atoms with Crippen LogP contribution in [0.2, 0.25) is 0 Å². The molecule has 2 amide bonds. The van der Waals surface area contributed by atoms with E-state index in [9.17, 15) is 9.59 Å². The van der Waals surface area contributed by atoms with Crippen molar-refractivity contribution >= 4 is 23.2 Å². The van der Waals surface area contributed by atoms with E-state index in [4.69, 9.17) is 0 Å². The second-order valence-corrected chi connectivity index (χ2v) is 6.88. The molecule has 0 aliphatic heterocycles. The Labute approximate surface area is 149 Å². The molecule has 0 bridgehead atoms. The Morgan fingerprint density at radius 1 is 0.840 bits per heavy atom. The molecule has 0 fully saturated rings. The van der Waals surface area contributed by atoms with Crippen LogP contribution >= 0.6 is 0 Å². The number of hydrogen-bond acceptors (Lipinski definition) is 2. The highest BCUT2D eigenvalue weighted by Crippen LogP contribution is 2.23. The average Bonchev–Trinajstić information content (AvgIpc) is 2.58. The molecule has 2 rings (SSSR count). The van der Waals surface area contributed by atoms with E-state index in [-0.39, 0.29) is 11.8 Å². The van der Waals surface area contributed by atoms with Crippen molar-refractivity contribution in [3.8, 4) is 0 Å². The number of benzene rings is 2. The van der Waals surface area contributed by atoms with Gasteiger partial charge < -0.3 is 10.6 Å². The quantitative estimate of drug-likeness (QED) is 0.790. The monoisotopic (exact) mass is 338 g/mol. The van der Waals surface area contributed by atoms with Gasteiger partial charge in [0, 0.05) is 11.4 Å². The maximum absolute atomic E-state index is 12.6. The van der Waals surface area contributed by atoms with Gasteiger partial charge in [-0.25, -0.2) is 0 Å². The van der Waals surface area contributed by atoms with Gasteiger partial charge in [0.1, 0.15) is 5.41 Å². The van der Waals surface area contributed by atoms with Gasteiger partial charge >= 0.3 is 0 Å². The molecule has 0 aromatic heterocycles. The largest absolute Gasteiger partial charge is 0.325 e. The van der Waals surface area contributed by atoms with Crippen LogP contribution in [-0.2, 0) is 16.0 Å². The van der Waals surface area contributed by atoms with Crippen LogP contribution in [0.4, 0.5) is 11.4 Å². The molecule has 4 nitrogen and oxygen atoms in total. The molecule has 0 spiro atoms. The summed E-state index contributed by atoms with van der Waals surface area (Å²) in [5, 5.41) is 5.66. The van der Waals surface area contributed by atoms with E-state index in [0.717, 1.165) is 17.5 Å². The SMILES string of the molecule is CCc1ccc(NC(=O)C(C)(C)C(=O)Nc2ccc(C)c(C)c2)cc1. The summed E-state index contributed by atoms with van der Waals surface area (Å²) < 4.78 is 0. The zero-order valence-corrected chi connectivity index (χ0v) is 15.6. The van der Waals surface area contributed by atoms with Crippen LogP contribution in [0.25, 0.3) is 0 Å². The Morgan fingerprint density at radius 3 is 1.88 bits per heavy atom. The topological polar surface area (TPSA) is 58.2 Å². The van der Waals surface area contributed by atoms with E-state index in [0.29, 0.717) is 11.4 Å². The van der Waals surface area contributed by atoms with Crippen molar-refractivity contribution in [1.82, 2.24) is 0 Å². The first-order valence-electron chi connectivity index (χ1n) is 8.53. The molecule has 0 heterocycles. The van der Waals surface area contributed by atoms with E-state index < -0.39 is 5.41 Å². The second kappa shape index (κ2) is 7.51. The molecule has 2 N–H and O–H groups in total. The lowest BCUT2D eigenvalue weighted by Crippen LogP contribution is -2.41. The molecule has 25 heavy (non-hydrogen) atoms. The minimum absolute atomic E-state index is 0.335. The first-order chi connectivity index (χ1) is 11.7. The van der Waals surface area contributed by atoms with Crippen LogP contribution in [0, 0.1) is 19.3 Å². The van der Waals surface area contributed by atoms with Crippen molar-refractivity contribution in [2.45, 2.75) is 41.0 Å². The molecule has 4 heteroatoms. The third kappa shape index (κ3) is 4.47. The van der Waals surface area contributed by atoms with Gasteiger partial charge in [-0.2, -0.15) is 0 Å². The fourth-order valence-corrected chi connectivity index (χ4v) is 2.32. The zero-order valence-electron chi connectivity index (χ0n) is 15.6. The van der Waals surface area contributed by atoms with Crippen LogP contribution < -0.4 is 10.6 Å². The van der Waals surface area contributed by atoms with Gasteiger partial charge in [-0.1, -0.05) is 25.1 Å². The second-order valence-electron chi connectivity index (χ2n) is 6.88. The van der Waals surface area contributed by atoms with Crippen LogP contribution in [0.3, 0.4) is 0 Å². The van der Waals surface area contributed by atoms with Gasteiger partial charge in [0.15, 0.2) is 0 Å². The smallest absolute Gasteiger partial charge is 0.239 e. The summed E-state index contributed by atoms with van der Waals surface area (Å²) in [6.45, 7) is 9.33. The number of carbonyl (C=O) groups is 2. The summed E-state index contributed by atoms with van der Waals surface area (Å²) >= 11 is 0. The molecular formula is C21H26N2O2. The lowest BCUT2D eigenvalue weighted by atomic mass is 9.90. The Bertz CT molecular complexity index is 777. The van der Waals surface area contributed by atoms with E-state index in [2.05, 4.69) is 17.6 Å². The standard InChI is InChI=1S/C21H26N2O2/c1-6-16-8-11-17(12-9-16)22-19(24)21(4,5)20(25)23-18-10-7-14(2)15(3)13-18/h7-13H,6H2,1-5H3,(H,22,24)(H,23,25). The van der Waals surface area contributed by atoms with Gasteiger partial charge in [-0.05, 0) is 75.1 Å². The van der Waals surface area contributed by atoms with Crippen LogP contribution in [-0.4, -0.2) is 11.8 Å². The number of aryl methyl sites for hydroxylation is 3. The molecule has 0 unspecified atom stereocenters. The summed E-state index contributed by atoms with van der Waals surface area (Å²) in [7, 11) is 0.